The molecular formula is C14H28N2O2S. The molecule has 0 radical (unpaired) electrons. The minimum absolute atomic E-state index is 0.0590. The molecule has 19 heavy (non-hydrogen) atoms. The third-order valence-electron chi connectivity index (χ3n) is 3.93. The van der Waals surface area contributed by atoms with Gasteiger partial charge < -0.3 is 15.7 Å². The van der Waals surface area contributed by atoms with Gasteiger partial charge in [0.15, 0.2) is 0 Å². The third kappa shape index (κ3) is 6.04. The number of rotatable bonds is 7. The van der Waals surface area contributed by atoms with E-state index in [0.29, 0.717) is 18.4 Å². The van der Waals surface area contributed by atoms with Crippen LogP contribution in [0.2, 0.25) is 0 Å². The first-order chi connectivity index (χ1) is 9.21. The lowest BCUT2D eigenvalue weighted by atomic mass is 9.83. The smallest absolute Gasteiger partial charge is 0.315 e. The second kappa shape index (κ2) is 9.48. The van der Waals surface area contributed by atoms with E-state index in [1.54, 1.807) is 11.8 Å². The maximum Gasteiger partial charge on any atom is 0.315 e. The van der Waals surface area contributed by atoms with Gasteiger partial charge in [0.2, 0.25) is 0 Å². The topological polar surface area (TPSA) is 61.4 Å². The van der Waals surface area contributed by atoms with Crippen LogP contribution in [0.1, 0.15) is 45.4 Å². The Labute approximate surface area is 121 Å². The largest absolute Gasteiger partial charge is 0.396 e. The molecule has 0 aromatic heterocycles. The standard InChI is InChI=1S/C14H28N2O2S/c1-3-11-6-4-5-7-13(11)16-14(18)15-12(8-9-17)10-19-2/h11-13,17H,3-10H2,1-2H3,(H2,15,16,18). The number of hydrogen-bond acceptors (Lipinski definition) is 3. The van der Waals surface area contributed by atoms with Crippen molar-refractivity contribution in [3.8, 4) is 0 Å². The zero-order valence-electron chi connectivity index (χ0n) is 12.2. The molecule has 0 saturated heterocycles. The van der Waals surface area contributed by atoms with Gasteiger partial charge in [-0.05, 0) is 31.4 Å². The van der Waals surface area contributed by atoms with Crippen molar-refractivity contribution < 1.29 is 9.90 Å². The Hall–Kier alpha value is -0.420. The molecule has 4 nitrogen and oxygen atoms in total. The van der Waals surface area contributed by atoms with Gasteiger partial charge in [-0.25, -0.2) is 4.79 Å². The summed E-state index contributed by atoms with van der Waals surface area (Å²) in [4.78, 5) is 12.0. The van der Waals surface area contributed by atoms with E-state index in [2.05, 4.69) is 17.6 Å². The number of hydrogen-bond donors (Lipinski definition) is 3. The van der Waals surface area contributed by atoms with Gasteiger partial charge in [-0.15, -0.1) is 0 Å². The molecule has 3 N–H and O–H groups in total. The van der Waals surface area contributed by atoms with Crippen LogP contribution in [0.25, 0.3) is 0 Å². The van der Waals surface area contributed by atoms with Crippen molar-refractivity contribution in [1.82, 2.24) is 10.6 Å². The van der Waals surface area contributed by atoms with Crippen molar-refractivity contribution in [2.75, 3.05) is 18.6 Å². The number of carbonyl (C=O) groups excluding carboxylic acids is 1. The summed E-state index contributed by atoms with van der Waals surface area (Å²) in [6, 6.07) is 0.310. The zero-order valence-corrected chi connectivity index (χ0v) is 13.0. The molecule has 0 aromatic carbocycles. The lowest BCUT2D eigenvalue weighted by Crippen LogP contribution is -2.50. The van der Waals surface area contributed by atoms with Crippen molar-refractivity contribution in [2.45, 2.75) is 57.5 Å². The molecule has 2 amide bonds. The van der Waals surface area contributed by atoms with Gasteiger partial charge in [0.05, 0.1) is 0 Å². The zero-order chi connectivity index (χ0) is 14.1. The van der Waals surface area contributed by atoms with Crippen LogP contribution in [0.4, 0.5) is 4.79 Å². The molecular weight excluding hydrogens is 260 g/mol. The number of nitrogens with one attached hydrogen (secondary N) is 2. The number of thioether (sulfide) groups is 1. The Morgan fingerprint density at radius 1 is 1.42 bits per heavy atom. The molecule has 112 valence electrons. The monoisotopic (exact) mass is 288 g/mol. The highest BCUT2D eigenvalue weighted by Gasteiger charge is 2.25. The molecule has 0 aromatic rings. The quantitative estimate of drug-likeness (QED) is 0.674. The first kappa shape index (κ1) is 16.6. The molecule has 1 saturated carbocycles. The minimum Gasteiger partial charge on any atom is -0.396 e. The van der Waals surface area contributed by atoms with Gasteiger partial charge in [-0.1, -0.05) is 26.2 Å². The van der Waals surface area contributed by atoms with Gasteiger partial charge in [0, 0.05) is 24.4 Å². The van der Waals surface area contributed by atoms with Crippen molar-refractivity contribution in [2.24, 2.45) is 5.92 Å². The second-order valence-electron chi connectivity index (χ2n) is 5.34. The molecule has 3 atom stereocenters. The van der Waals surface area contributed by atoms with E-state index in [1.807, 2.05) is 6.26 Å². The summed E-state index contributed by atoms with van der Waals surface area (Å²) >= 11 is 1.69. The summed E-state index contributed by atoms with van der Waals surface area (Å²) < 4.78 is 0. The number of aliphatic hydroxyl groups is 1. The van der Waals surface area contributed by atoms with Crippen molar-refractivity contribution in [3.05, 3.63) is 0 Å². The van der Waals surface area contributed by atoms with E-state index >= 15 is 0 Å². The summed E-state index contributed by atoms with van der Waals surface area (Å²) in [5.74, 6) is 1.46. The van der Waals surface area contributed by atoms with Crippen LogP contribution in [0.15, 0.2) is 0 Å². The average Bonchev–Trinajstić information content (AvgIpc) is 2.40. The Morgan fingerprint density at radius 2 is 2.16 bits per heavy atom. The maximum absolute atomic E-state index is 12.0. The summed E-state index contributed by atoms with van der Waals surface area (Å²) in [6.45, 7) is 2.32. The fourth-order valence-electron chi connectivity index (χ4n) is 2.84. The van der Waals surface area contributed by atoms with Crippen molar-refractivity contribution >= 4 is 17.8 Å². The van der Waals surface area contributed by atoms with E-state index in [9.17, 15) is 4.79 Å². The lowest BCUT2D eigenvalue weighted by Gasteiger charge is -2.32. The highest BCUT2D eigenvalue weighted by molar-refractivity contribution is 7.98. The van der Waals surface area contributed by atoms with Crippen LogP contribution in [0, 0.1) is 5.92 Å². The Balaban J connectivity index is 2.39. The van der Waals surface area contributed by atoms with Gasteiger partial charge in [0.1, 0.15) is 0 Å². The summed E-state index contributed by atoms with van der Waals surface area (Å²) in [6.07, 6.45) is 8.60. The van der Waals surface area contributed by atoms with Crippen LogP contribution in [-0.2, 0) is 0 Å². The average molecular weight is 288 g/mol. The first-order valence-electron chi connectivity index (χ1n) is 7.38. The van der Waals surface area contributed by atoms with E-state index in [1.165, 1.54) is 19.3 Å². The molecule has 3 unspecified atom stereocenters. The van der Waals surface area contributed by atoms with Crippen LogP contribution in [0.5, 0.6) is 0 Å². The molecule has 0 heterocycles. The van der Waals surface area contributed by atoms with E-state index < -0.39 is 0 Å². The summed E-state index contributed by atoms with van der Waals surface area (Å²) in [5, 5.41) is 15.1. The number of urea groups is 1. The Kier molecular flexibility index (Phi) is 8.30. The highest BCUT2D eigenvalue weighted by Crippen LogP contribution is 2.26. The molecule has 1 aliphatic rings. The lowest BCUT2D eigenvalue weighted by molar-refractivity contribution is 0.210. The van der Waals surface area contributed by atoms with Gasteiger partial charge >= 0.3 is 6.03 Å². The van der Waals surface area contributed by atoms with Crippen LogP contribution < -0.4 is 10.6 Å². The van der Waals surface area contributed by atoms with Gasteiger partial charge in [-0.3, -0.25) is 0 Å². The van der Waals surface area contributed by atoms with Crippen LogP contribution in [0.3, 0.4) is 0 Å². The summed E-state index contributed by atoms with van der Waals surface area (Å²) in [7, 11) is 0. The molecule has 1 fully saturated rings. The fourth-order valence-corrected chi connectivity index (χ4v) is 3.49. The van der Waals surface area contributed by atoms with E-state index in [0.717, 1.165) is 18.6 Å². The van der Waals surface area contributed by atoms with Crippen LogP contribution >= 0.6 is 11.8 Å². The number of amides is 2. The third-order valence-corrected chi connectivity index (χ3v) is 4.67. The van der Waals surface area contributed by atoms with Crippen molar-refractivity contribution in [3.63, 3.8) is 0 Å². The van der Waals surface area contributed by atoms with Crippen LogP contribution in [-0.4, -0.2) is 41.8 Å². The maximum atomic E-state index is 12.0. The van der Waals surface area contributed by atoms with Gasteiger partial charge in [0.25, 0.3) is 0 Å². The molecule has 5 heteroatoms. The van der Waals surface area contributed by atoms with E-state index in [4.69, 9.17) is 5.11 Å². The molecule has 1 aliphatic carbocycles. The van der Waals surface area contributed by atoms with E-state index in [-0.39, 0.29) is 18.7 Å². The SMILES string of the molecule is CCC1CCCCC1NC(=O)NC(CCO)CSC. The summed E-state index contributed by atoms with van der Waals surface area (Å²) in [5.41, 5.74) is 0. The Bertz CT molecular complexity index is 258. The molecule has 0 aliphatic heterocycles. The Morgan fingerprint density at radius 3 is 2.79 bits per heavy atom. The first-order valence-corrected chi connectivity index (χ1v) is 8.77. The molecule has 0 spiro atoms. The fraction of sp³-hybridized carbons (Fsp3) is 0.929. The predicted molar refractivity (Wildman–Crippen MR) is 81.6 cm³/mol. The normalized spacial score (nSPS) is 24.8. The number of aliphatic hydroxyl groups excluding tert-OH is 1. The molecule has 1 rings (SSSR count). The number of carbonyl (C=O) groups is 1. The second-order valence-corrected chi connectivity index (χ2v) is 6.25. The minimum atomic E-state index is -0.0714. The highest BCUT2D eigenvalue weighted by atomic mass is 32.2. The van der Waals surface area contributed by atoms with Gasteiger partial charge in [-0.2, -0.15) is 11.8 Å². The predicted octanol–water partition coefficient (Wildman–Crippen LogP) is 2.37. The van der Waals surface area contributed by atoms with Crippen molar-refractivity contribution in [1.29, 1.82) is 0 Å². The molecule has 0 bridgehead atoms.